The number of hydrogen-bond acceptors (Lipinski definition) is 5. The Hall–Kier alpha value is -3.48. The SMILES string of the molecule is COc1ccc([C@@H](OC(=O)Nc2ccccc2)C(C)(C)CC/C=C/C(=O)O)cc1O. The number of methoxy groups -OCH3 is 1. The Labute approximate surface area is 176 Å². The van der Waals surface area contributed by atoms with Crippen molar-refractivity contribution < 1.29 is 29.3 Å². The summed E-state index contributed by atoms with van der Waals surface area (Å²) in [5, 5.41) is 21.7. The zero-order valence-corrected chi connectivity index (χ0v) is 17.3. The number of aromatic hydroxyl groups is 1. The van der Waals surface area contributed by atoms with Crippen LogP contribution in [0.25, 0.3) is 0 Å². The Morgan fingerprint density at radius 1 is 1.17 bits per heavy atom. The minimum Gasteiger partial charge on any atom is -0.504 e. The van der Waals surface area contributed by atoms with Gasteiger partial charge in [0.2, 0.25) is 0 Å². The molecule has 2 aromatic carbocycles. The van der Waals surface area contributed by atoms with E-state index in [0.29, 0.717) is 29.8 Å². The molecule has 0 aliphatic carbocycles. The Morgan fingerprint density at radius 3 is 2.47 bits per heavy atom. The van der Waals surface area contributed by atoms with Crippen LogP contribution < -0.4 is 10.1 Å². The average molecular weight is 413 g/mol. The van der Waals surface area contributed by atoms with E-state index in [1.54, 1.807) is 42.5 Å². The normalized spacial score (nSPS) is 12.4. The van der Waals surface area contributed by atoms with Gasteiger partial charge in [-0.2, -0.15) is 0 Å². The van der Waals surface area contributed by atoms with Crippen molar-refractivity contribution in [2.75, 3.05) is 12.4 Å². The number of carboxylic acids is 1. The summed E-state index contributed by atoms with van der Waals surface area (Å²) in [4.78, 5) is 23.3. The van der Waals surface area contributed by atoms with Gasteiger partial charge < -0.3 is 19.7 Å². The number of hydrogen-bond donors (Lipinski definition) is 3. The molecule has 0 unspecified atom stereocenters. The molecule has 0 aromatic heterocycles. The van der Waals surface area contributed by atoms with E-state index in [1.807, 2.05) is 19.9 Å². The Bertz CT molecular complexity index is 892. The molecule has 0 saturated heterocycles. The molecule has 7 heteroatoms. The molecule has 0 saturated carbocycles. The van der Waals surface area contributed by atoms with E-state index in [0.717, 1.165) is 6.08 Å². The fraction of sp³-hybridized carbons (Fsp3) is 0.304. The van der Waals surface area contributed by atoms with E-state index in [9.17, 15) is 14.7 Å². The summed E-state index contributed by atoms with van der Waals surface area (Å²) in [7, 11) is 1.45. The molecule has 0 fully saturated rings. The van der Waals surface area contributed by atoms with E-state index in [-0.39, 0.29) is 5.75 Å². The molecule has 1 atom stereocenters. The Balaban J connectivity index is 2.25. The predicted octanol–water partition coefficient (Wildman–Crippen LogP) is 5.14. The van der Waals surface area contributed by atoms with Crippen LogP contribution in [0.2, 0.25) is 0 Å². The molecule has 0 spiro atoms. The first-order valence-electron chi connectivity index (χ1n) is 9.52. The van der Waals surface area contributed by atoms with Crippen LogP contribution in [0.15, 0.2) is 60.7 Å². The first-order valence-corrected chi connectivity index (χ1v) is 9.52. The highest BCUT2D eigenvalue weighted by molar-refractivity contribution is 5.84. The van der Waals surface area contributed by atoms with Gasteiger partial charge >= 0.3 is 12.1 Å². The number of carbonyl (C=O) groups is 2. The fourth-order valence-corrected chi connectivity index (χ4v) is 3.10. The summed E-state index contributed by atoms with van der Waals surface area (Å²) in [5.74, 6) is -0.759. The molecule has 160 valence electrons. The van der Waals surface area contributed by atoms with Crippen molar-refractivity contribution in [3.63, 3.8) is 0 Å². The van der Waals surface area contributed by atoms with Crippen molar-refractivity contribution in [1.29, 1.82) is 0 Å². The van der Waals surface area contributed by atoms with Crippen molar-refractivity contribution >= 4 is 17.7 Å². The second-order valence-electron chi connectivity index (χ2n) is 7.48. The van der Waals surface area contributed by atoms with Crippen LogP contribution in [0.4, 0.5) is 10.5 Å². The van der Waals surface area contributed by atoms with Crippen LogP contribution in [0.3, 0.4) is 0 Å². The number of nitrogens with one attached hydrogen (secondary N) is 1. The number of allylic oxidation sites excluding steroid dienone is 1. The monoisotopic (exact) mass is 413 g/mol. The van der Waals surface area contributed by atoms with E-state index < -0.39 is 23.6 Å². The highest BCUT2D eigenvalue weighted by atomic mass is 16.6. The van der Waals surface area contributed by atoms with Crippen molar-refractivity contribution in [3.05, 3.63) is 66.2 Å². The molecule has 7 nitrogen and oxygen atoms in total. The third kappa shape index (κ3) is 6.55. The number of rotatable bonds is 9. The van der Waals surface area contributed by atoms with Gasteiger partial charge in [-0.25, -0.2) is 9.59 Å². The van der Waals surface area contributed by atoms with E-state index in [4.69, 9.17) is 14.6 Å². The number of anilines is 1. The number of ether oxygens (including phenoxy) is 2. The number of carbonyl (C=O) groups excluding carboxylic acids is 1. The maximum atomic E-state index is 12.6. The molecule has 0 aliphatic rings. The van der Waals surface area contributed by atoms with Crippen LogP contribution in [0.5, 0.6) is 11.5 Å². The smallest absolute Gasteiger partial charge is 0.412 e. The average Bonchev–Trinajstić information content (AvgIpc) is 2.70. The summed E-state index contributed by atoms with van der Waals surface area (Å²) in [6.45, 7) is 3.84. The lowest BCUT2D eigenvalue weighted by molar-refractivity contribution is -0.131. The second-order valence-corrected chi connectivity index (χ2v) is 7.48. The highest BCUT2D eigenvalue weighted by Crippen LogP contribution is 2.42. The van der Waals surface area contributed by atoms with Crippen molar-refractivity contribution in [2.24, 2.45) is 5.41 Å². The van der Waals surface area contributed by atoms with E-state index >= 15 is 0 Å². The van der Waals surface area contributed by atoms with Crippen LogP contribution in [-0.2, 0) is 9.53 Å². The topological polar surface area (TPSA) is 105 Å². The van der Waals surface area contributed by atoms with Gasteiger partial charge in [-0.15, -0.1) is 0 Å². The van der Waals surface area contributed by atoms with Crippen LogP contribution in [-0.4, -0.2) is 29.4 Å². The lowest BCUT2D eigenvalue weighted by Crippen LogP contribution is -2.29. The predicted molar refractivity (Wildman–Crippen MR) is 114 cm³/mol. The van der Waals surface area contributed by atoms with Crippen molar-refractivity contribution in [1.82, 2.24) is 0 Å². The molecular weight excluding hydrogens is 386 g/mol. The van der Waals surface area contributed by atoms with E-state index in [2.05, 4.69) is 5.32 Å². The molecule has 0 radical (unpaired) electrons. The molecule has 0 bridgehead atoms. The van der Waals surface area contributed by atoms with Crippen LogP contribution in [0.1, 0.15) is 38.4 Å². The number of phenols is 1. The zero-order chi connectivity index (χ0) is 22.1. The molecule has 0 heterocycles. The number of phenolic OH excluding ortho intramolecular Hbond substituents is 1. The van der Waals surface area contributed by atoms with Crippen LogP contribution in [0, 0.1) is 5.41 Å². The third-order valence-electron chi connectivity index (χ3n) is 4.68. The molecule has 2 aromatic rings. The molecule has 30 heavy (non-hydrogen) atoms. The van der Waals surface area contributed by atoms with Gasteiger partial charge in [-0.05, 0) is 42.7 Å². The summed E-state index contributed by atoms with van der Waals surface area (Å²) < 4.78 is 10.9. The third-order valence-corrected chi connectivity index (χ3v) is 4.68. The van der Waals surface area contributed by atoms with Crippen molar-refractivity contribution in [2.45, 2.75) is 32.8 Å². The summed E-state index contributed by atoms with van der Waals surface area (Å²) in [6, 6.07) is 13.8. The van der Waals surface area contributed by atoms with Gasteiger partial charge in [0.1, 0.15) is 6.10 Å². The second kappa shape index (κ2) is 10.3. The molecular formula is C23H27NO6. The van der Waals surface area contributed by atoms with Gasteiger partial charge in [0.25, 0.3) is 0 Å². The zero-order valence-electron chi connectivity index (χ0n) is 17.3. The van der Waals surface area contributed by atoms with Gasteiger partial charge in [-0.3, -0.25) is 5.32 Å². The molecule has 3 N–H and O–H groups in total. The minimum absolute atomic E-state index is 0.0614. The van der Waals surface area contributed by atoms with Crippen molar-refractivity contribution in [3.8, 4) is 11.5 Å². The van der Waals surface area contributed by atoms with Gasteiger partial charge in [0, 0.05) is 17.2 Å². The lowest BCUT2D eigenvalue weighted by Gasteiger charge is -2.34. The Morgan fingerprint density at radius 2 is 1.87 bits per heavy atom. The standard InChI is InChI=1S/C23H27NO6/c1-23(2,14-8-7-11-20(26)27)21(16-12-13-19(29-3)18(25)15-16)30-22(28)24-17-9-5-4-6-10-17/h4-7,9-13,15,21,25H,8,14H2,1-3H3,(H,24,28)(H,26,27)/b11-7+/t21-/m1/s1. The maximum absolute atomic E-state index is 12.6. The quantitative estimate of drug-likeness (QED) is 0.492. The number of para-hydroxylation sites is 1. The summed E-state index contributed by atoms with van der Waals surface area (Å²) in [6.07, 6.45) is 2.37. The first-order chi connectivity index (χ1) is 14.2. The number of amides is 1. The van der Waals surface area contributed by atoms with Gasteiger partial charge in [-0.1, -0.05) is 44.2 Å². The lowest BCUT2D eigenvalue weighted by atomic mass is 9.78. The minimum atomic E-state index is -1.01. The Kier molecular flexibility index (Phi) is 7.86. The number of aliphatic carboxylic acids is 1. The first kappa shape index (κ1) is 22.8. The fourth-order valence-electron chi connectivity index (χ4n) is 3.10. The molecule has 1 amide bonds. The highest BCUT2D eigenvalue weighted by Gasteiger charge is 2.34. The summed E-state index contributed by atoms with van der Waals surface area (Å²) in [5.41, 5.74) is 0.641. The largest absolute Gasteiger partial charge is 0.504 e. The van der Waals surface area contributed by atoms with E-state index in [1.165, 1.54) is 13.2 Å². The van der Waals surface area contributed by atoms with Gasteiger partial charge in [0.05, 0.1) is 7.11 Å². The number of carboxylic acid groups (broad SMARTS) is 1. The number of benzene rings is 2. The maximum Gasteiger partial charge on any atom is 0.412 e. The summed E-state index contributed by atoms with van der Waals surface area (Å²) >= 11 is 0. The molecule has 0 aliphatic heterocycles. The van der Waals surface area contributed by atoms with Crippen LogP contribution >= 0.6 is 0 Å². The van der Waals surface area contributed by atoms with Gasteiger partial charge in [0.15, 0.2) is 11.5 Å². The molecule has 2 rings (SSSR count).